The van der Waals surface area contributed by atoms with E-state index in [-0.39, 0.29) is 78.4 Å². The fourth-order valence-corrected chi connectivity index (χ4v) is 15.7. The van der Waals surface area contributed by atoms with E-state index in [0.717, 1.165) is 17.5 Å². The van der Waals surface area contributed by atoms with Gasteiger partial charge in [0.05, 0.1) is 87.7 Å². The number of rotatable bonds is 28. The summed E-state index contributed by atoms with van der Waals surface area (Å²) in [5.74, 6) is 5.34. The highest BCUT2D eigenvalue weighted by Gasteiger charge is 2.30. The number of fused-ring (bicyclic) bond motifs is 3. The van der Waals surface area contributed by atoms with Crippen LogP contribution in [0.5, 0.6) is 34.5 Å². The van der Waals surface area contributed by atoms with Crippen LogP contribution in [0.4, 0.5) is 0 Å². The van der Waals surface area contributed by atoms with E-state index in [2.05, 4.69) is 25.8 Å². The molecule has 27 nitrogen and oxygen atoms in total. The number of hydrogen-bond donors (Lipinski definition) is 1. The molecule has 9 aromatic carbocycles. The van der Waals surface area contributed by atoms with Crippen LogP contribution in [0.2, 0.25) is 15.1 Å². The van der Waals surface area contributed by atoms with Gasteiger partial charge in [-0.1, -0.05) is 89.4 Å². The summed E-state index contributed by atoms with van der Waals surface area (Å²) in [7, 11) is 0. The fourth-order valence-electron chi connectivity index (χ4n) is 15.3. The van der Waals surface area contributed by atoms with E-state index >= 15 is 0 Å². The molecule has 3 amide bonds. The van der Waals surface area contributed by atoms with Crippen LogP contribution in [0.3, 0.4) is 0 Å². The average Bonchev–Trinajstić information content (AvgIpc) is 0.914. The Morgan fingerprint density at radius 2 is 0.740 bits per heavy atom. The number of para-hydroxylation sites is 6. The van der Waals surface area contributed by atoms with Gasteiger partial charge in [-0.15, -0.1) is 0 Å². The number of benzene rings is 9. The molecule has 3 fully saturated rings. The molecule has 16 rings (SSSR count). The third kappa shape index (κ3) is 23.4. The summed E-state index contributed by atoms with van der Waals surface area (Å²) in [4.78, 5) is 123. The third-order valence-electron chi connectivity index (χ3n) is 21.7. The molecule has 658 valence electrons. The first-order chi connectivity index (χ1) is 61.5. The van der Waals surface area contributed by atoms with Gasteiger partial charge < -0.3 is 48.9 Å². The Bertz CT molecular complexity index is 6150. The molecule has 1 unspecified atom stereocenters. The molecule has 0 radical (unpaired) electrons. The number of aliphatic imine (C=N–C) groups is 1. The number of carbonyl (C=O) groups is 4. The Labute approximate surface area is 750 Å². The molecule has 1 atom stereocenters. The largest absolute Gasteiger partial charge is 0.489 e. The van der Waals surface area contributed by atoms with Crippen molar-refractivity contribution in [1.82, 2.24) is 58.1 Å². The van der Waals surface area contributed by atoms with E-state index < -0.39 is 0 Å². The van der Waals surface area contributed by atoms with E-state index in [0.29, 0.717) is 233 Å². The summed E-state index contributed by atoms with van der Waals surface area (Å²) in [6, 6.07) is 59.7. The van der Waals surface area contributed by atoms with Gasteiger partial charge in [-0.2, -0.15) is 0 Å². The van der Waals surface area contributed by atoms with Crippen molar-refractivity contribution in [2.24, 2.45) is 16.6 Å². The predicted molar refractivity (Wildman–Crippen MR) is 494 cm³/mol. The molecule has 3 aromatic heterocycles. The summed E-state index contributed by atoms with van der Waals surface area (Å²) in [5.41, 5.74) is 11.3. The number of amides is 3. The number of allylic oxidation sites excluding steroid dienone is 1. The van der Waals surface area contributed by atoms with Crippen molar-refractivity contribution in [2.45, 2.75) is 92.5 Å². The molecule has 3 saturated heterocycles. The lowest BCUT2D eigenvalue weighted by atomic mass is 10.00. The topological polar surface area (TPSA) is 286 Å². The molecule has 0 aliphatic carbocycles. The number of nitrogens with two attached hydrogens (primary N) is 1. The minimum atomic E-state index is -0.276. The SMILES string of the molecule is CC(C)Oc1ccccc1-n1c(CN2CCN(C(=O)COc3ccc(Cl)cc3)CC2)nc2ccc(C=O)cc2c1=O.CC(C)Oc1ccccc1-n1c(CN2CCN(C(=O)COc3ccc(Cl)cc3)CC2)nc2ccc(CC3C=CN=C3)cc2c1=O.CC(C)Oc1ccccc1-n1c(CN2CCN(C(=O)COc3ccc(Cl)cc3)CC2)nc2ccc(CN)cc2c1=O. The van der Waals surface area contributed by atoms with E-state index in [1.807, 2.05) is 168 Å². The molecule has 12 aromatic rings. The number of hydrogen-bond acceptors (Lipinski definition) is 21. The maximum atomic E-state index is 14.3. The van der Waals surface area contributed by atoms with Crippen molar-refractivity contribution >= 4 is 97.7 Å². The number of carbonyl (C=O) groups excluding carboxylic acids is 4. The maximum absolute atomic E-state index is 14.3. The van der Waals surface area contributed by atoms with Crippen LogP contribution < -0.4 is 50.8 Å². The van der Waals surface area contributed by atoms with Crippen molar-refractivity contribution in [3.8, 4) is 51.6 Å². The van der Waals surface area contributed by atoms with Crippen molar-refractivity contribution in [1.29, 1.82) is 0 Å². The maximum Gasteiger partial charge on any atom is 0.266 e. The van der Waals surface area contributed by atoms with Crippen molar-refractivity contribution < 1.29 is 47.6 Å². The summed E-state index contributed by atoms with van der Waals surface area (Å²) in [5, 5.41) is 3.26. The van der Waals surface area contributed by atoms with Crippen LogP contribution in [-0.4, -0.2) is 205 Å². The average molecular weight is 1780 g/mol. The van der Waals surface area contributed by atoms with Gasteiger partial charge in [0.1, 0.15) is 58.3 Å². The minimum Gasteiger partial charge on any atom is -0.489 e. The molecule has 127 heavy (non-hydrogen) atoms. The Kier molecular flexibility index (Phi) is 30.4. The second-order valence-corrected chi connectivity index (χ2v) is 33.2. The van der Waals surface area contributed by atoms with Crippen molar-refractivity contribution in [3.63, 3.8) is 0 Å². The van der Waals surface area contributed by atoms with Gasteiger partial charge in [0.25, 0.3) is 34.4 Å². The molecule has 0 spiro atoms. The third-order valence-corrected chi connectivity index (χ3v) is 22.5. The van der Waals surface area contributed by atoms with E-state index in [1.54, 1.807) is 114 Å². The van der Waals surface area contributed by atoms with Gasteiger partial charge in [0.2, 0.25) is 0 Å². The molecular weight excluding hydrogens is 1680 g/mol. The van der Waals surface area contributed by atoms with Gasteiger partial charge in [-0.3, -0.25) is 67.0 Å². The van der Waals surface area contributed by atoms with Crippen molar-refractivity contribution in [3.05, 3.63) is 293 Å². The highest BCUT2D eigenvalue weighted by Crippen LogP contribution is 2.32. The Morgan fingerprint density at radius 1 is 0.417 bits per heavy atom. The van der Waals surface area contributed by atoms with E-state index in [1.165, 1.54) is 0 Å². The second kappa shape index (κ2) is 42.6. The zero-order valence-electron chi connectivity index (χ0n) is 71.6. The number of halogens is 3. The molecule has 7 heterocycles. The minimum absolute atomic E-state index is 0.0359. The lowest BCUT2D eigenvalue weighted by Gasteiger charge is -2.34. The number of nitrogens with zero attached hydrogens (tertiary/aromatic N) is 13. The molecule has 4 aliphatic rings. The molecule has 0 saturated carbocycles. The normalized spacial score (nSPS) is 14.9. The molecule has 30 heteroatoms. The quantitative estimate of drug-likeness (QED) is 0.0446. The zero-order chi connectivity index (χ0) is 89.2. The summed E-state index contributed by atoms with van der Waals surface area (Å²) in [6.07, 6.45) is 7.03. The molecule has 4 aliphatic heterocycles. The fraction of sp³-hybridized carbons (Fsp3) is 0.309. The van der Waals surface area contributed by atoms with Gasteiger partial charge in [-0.05, 0) is 211 Å². The van der Waals surface area contributed by atoms with Gasteiger partial charge in [0.15, 0.2) is 19.8 Å². The Balaban J connectivity index is 0.000000155. The first-order valence-corrected chi connectivity index (χ1v) is 43.6. The van der Waals surface area contributed by atoms with Crippen LogP contribution >= 0.6 is 34.8 Å². The molecular formula is C97H101Cl3N14O13. The van der Waals surface area contributed by atoms with Crippen LogP contribution in [-0.2, 0) is 47.0 Å². The molecule has 2 N–H and O–H groups in total. The second-order valence-electron chi connectivity index (χ2n) is 31.9. The van der Waals surface area contributed by atoms with Crippen LogP contribution in [0.25, 0.3) is 49.8 Å². The first-order valence-electron chi connectivity index (χ1n) is 42.4. The highest BCUT2D eigenvalue weighted by molar-refractivity contribution is 6.31. The smallest absolute Gasteiger partial charge is 0.266 e. The van der Waals surface area contributed by atoms with E-state index in [4.69, 9.17) is 83.9 Å². The standard InChI is InChI=1S/C35H36ClN5O4.C31H34ClN5O4.C31H31ClN4O5/c1-24(2)45-32-6-4-3-5-31(32)41-33(38-30-12-7-25(20-29(30)35(41)43)19-26-13-14-37-21-26)22-39-15-17-40(18-16-39)34(42)23-44-28-10-8-27(36)9-11-28;1-21(2)41-28-6-4-3-5-27(28)37-29(34-26-12-7-22(18-33)17-25(26)31(37)39)19-35-13-15-36(16-14-35)30(38)20-40-24-10-8-23(32)9-11-24;1-21(2)41-28-6-4-3-5-27(28)36-29(33-26-12-7-22(19-37)17-25(26)31(36)39)18-34-13-15-35(16-14-34)30(38)20-40-24-10-8-23(32)9-11-24/h3-14,20-21,24,26H,15-19,22-23H2,1-2H3;3-12,17,21H,13-16,18-20,33H2,1-2H3;3-12,17,19,21H,13-16,18,20H2,1-2H3. The molecule has 0 bridgehead atoms. The van der Waals surface area contributed by atoms with Crippen molar-refractivity contribution in [2.75, 3.05) is 98.4 Å². The van der Waals surface area contributed by atoms with Gasteiger partial charge in [0, 0.05) is 124 Å². The monoisotopic (exact) mass is 1770 g/mol. The summed E-state index contributed by atoms with van der Waals surface area (Å²) in [6.45, 7) is 20.2. The number of ether oxygens (including phenoxy) is 6. The van der Waals surface area contributed by atoms with Crippen LogP contribution in [0.15, 0.2) is 232 Å². The lowest BCUT2D eigenvalue weighted by molar-refractivity contribution is -0.135. The Morgan fingerprint density at radius 3 is 1.06 bits per heavy atom. The Hall–Kier alpha value is -12.6. The van der Waals surface area contributed by atoms with Gasteiger partial charge in [-0.25, -0.2) is 15.0 Å². The zero-order valence-corrected chi connectivity index (χ0v) is 73.9. The number of aromatic nitrogens is 6. The van der Waals surface area contributed by atoms with Crippen LogP contribution in [0.1, 0.15) is 80.5 Å². The lowest BCUT2D eigenvalue weighted by Crippen LogP contribution is -2.50. The van der Waals surface area contributed by atoms with E-state index in [9.17, 15) is 33.6 Å². The van der Waals surface area contributed by atoms with Gasteiger partial charge >= 0.3 is 0 Å². The number of piperazine rings is 3. The predicted octanol–water partition coefficient (Wildman–Crippen LogP) is 13.7. The number of aldehydes is 1. The van der Waals surface area contributed by atoms with Crippen LogP contribution in [0, 0.1) is 5.92 Å². The first kappa shape index (κ1) is 90.6. The highest BCUT2D eigenvalue weighted by atomic mass is 35.5. The summed E-state index contributed by atoms with van der Waals surface area (Å²) < 4.78 is 40.1. The summed E-state index contributed by atoms with van der Waals surface area (Å²) >= 11 is 17.8.